The summed E-state index contributed by atoms with van der Waals surface area (Å²) in [5, 5.41) is 0.698. The maximum atomic E-state index is 11.9. The predicted molar refractivity (Wildman–Crippen MR) is 70.5 cm³/mol. The Bertz CT molecular complexity index is 418. The monoisotopic (exact) mass is 271 g/mol. The van der Waals surface area contributed by atoms with Crippen LogP contribution >= 0.6 is 23.2 Å². The third-order valence-corrected chi connectivity index (χ3v) is 3.55. The van der Waals surface area contributed by atoms with Crippen molar-refractivity contribution < 1.29 is 4.79 Å². The van der Waals surface area contributed by atoms with Gasteiger partial charge in [-0.25, -0.2) is 0 Å². The van der Waals surface area contributed by atoms with Crippen molar-refractivity contribution in [3.63, 3.8) is 0 Å². The minimum atomic E-state index is 0.00152. The fraction of sp³-hybridized carbons (Fsp3) is 0.462. The van der Waals surface area contributed by atoms with Gasteiger partial charge in [-0.1, -0.05) is 23.7 Å². The van der Waals surface area contributed by atoms with E-state index in [9.17, 15) is 4.79 Å². The largest absolute Gasteiger partial charge is 0.332 e. The lowest BCUT2D eigenvalue weighted by Crippen LogP contribution is -2.36. The molecule has 2 nitrogen and oxygen atoms in total. The molecule has 0 N–H and O–H groups in total. The molecule has 0 bridgehead atoms. The maximum absolute atomic E-state index is 11.9. The Hall–Kier alpha value is -0.730. The molecule has 1 aliphatic rings. The van der Waals surface area contributed by atoms with E-state index >= 15 is 0 Å². The molecule has 0 unspecified atom stereocenters. The number of rotatable bonds is 4. The van der Waals surface area contributed by atoms with Crippen LogP contribution in [0.15, 0.2) is 24.3 Å². The van der Waals surface area contributed by atoms with E-state index in [1.807, 2.05) is 36.1 Å². The van der Waals surface area contributed by atoms with Crippen molar-refractivity contribution in [2.75, 3.05) is 5.88 Å². The SMILES string of the molecule is C[C@@H](c1cccc(Cl)c1)N(C(=O)CCl)C1CC1. The summed E-state index contributed by atoms with van der Waals surface area (Å²) >= 11 is 11.6. The van der Waals surface area contributed by atoms with E-state index in [0.717, 1.165) is 18.4 Å². The minimum Gasteiger partial charge on any atom is -0.332 e. The second-order valence-electron chi connectivity index (χ2n) is 4.40. The standard InChI is InChI=1S/C13H15Cl2NO/c1-9(10-3-2-4-11(15)7-10)16(12-5-6-12)13(17)8-14/h2-4,7,9,12H,5-6,8H2,1H3/t9-/m0/s1. The third-order valence-electron chi connectivity index (χ3n) is 3.09. The molecule has 0 radical (unpaired) electrons. The van der Waals surface area contributed by atoms with Crippen LogP contribution in [0.2, 0.25) is 5.02 Å². The highest BCUT2D eigenvalue weighted by atomic mass is 35.5. The predicted octanol–water partition coefficient (Wildman–Crippen LogP) is 3.63. The molecule has 0 aliphatic heterocycles. The average Bonchev–Trinajstić information content (AvgIpc) is 3.13. The molecule has 1 atom stereocenters. The molecule has 1 fully saturated rings. The first-order valence-corrected chi connectivity index (χ1v) is 6.67. The van der Waals surface area contributed by atoms with Gasteiger partial charge >= 0.3 is 0 Å². The molecule has 92 valence electrons. The molecule has 17 heavy (non-hydrogen) atoms. The van der Waals surface area contributed by atoms with Crippen molar-refractivity contribution >= 4 is 29.1 Å². The first kappa shape index (κ1) is 12.7. The molecule has 0 aromatic heterocycles. The van der Waals surface area contributed by atoms with E-state index in [-0.39, 0.29) is 17.8 Å². The summed E-state index contributed by atoms with van der Waals surface area (Å²) in [7, 11) is 0. The highest BCUT2D eigenvalue weighted by Gasteiger charge is 2.35. The fourth-order valence-corrected chi connectivity index (χ4v) is 2.42. The van der Waals surface area contributed by atoms with Gasteiger partial charge < -0.3 is 4.90 Å². The number of nitrogens with zero attached hydrogens (tertiary/aromatic N) is 1. The smallest absolute Gasteiger partial charge is 0.238 e. The number of hydrogen-bond acceptors (Lipinski definition) is 1. The summed E-state index contributed by atoms with van der Waals surface area (Å²) in [6.45, 7) is 2.02. The number of carbonyl (C=O) groups excluding carboxylic acids is 1. The van der Waals surface area contributed by atoms with Crippen molar-refractivity contribution in [1.82, 2.24) is 4.90 Å². The summed E-state index contributed by atoms with van der Waals surface area (Å²) in [6, 6.07) is 8.03. The zero-order chi connectivity index (χ0) is 12.4. The van der Waals surface area contributed by atoms with Gasteiger partial charge in [0.1, 0.15) is 5.88 Å². The van der Waals surface area contributed by atoms with Gasteiger partial charge in [0.05, 0.1) is 6.04 Å². The first-order chi connectivity index (χ1) is 8.13. The second-order valence-corrected chi connectivity index (χ2v) is 5.10. The summed E-state index contributed by atoms with van der Waals surface area (Å²) in [5.41, 5.74) is 1.06. The molecule has 1 aromatic rings. The number of carbonyl (C=O) groups is 1. The summed E-state index contributed by atoms with van der Waals surface area (Å²) in [4.78, 5) is 13.7. The molecule has 0 saturated heterocycles. The minimum absolute atomic E-state index is 0.00152. The molecule has 1 saturated carbocycles. The van der Waals surface area contributed by atoms with Crippen molar-refractivity contribution in [3.05, 3.63) is 34.9 Å². The van der Waals surface area contributed by atoms with E-state index in [1.165, 1.54) is 0 Å². The molecule has 0 spiro atoms. The number of benzene rings is 1. The lowest BCUT2D eigenvalue weighted by atomic mass is 10.1. The van der Waals surface area contributed by atoms with E-state index in [1.54, 1.807) is 0 Å². The number of hydrogen-bond donors (Lipinski definition) is 0. The summed E-state index contributed by atoms with van der Waals surface area (Å²) < 4.78 is 0. The Morgan fingerprint density at radius 2 is 2.24 bits per heavy atom. The van der Waals surface area contributed by atoms with E-state index < -0.39 is 0 Å². The van der Waals surface area contributed by atoms with Crippen LogP contribution in [0.4, 0.5) is 0 Å². The topological polar surface area (TPSA) is 20.3 Å². The van der Waals surface area contributed by atoms with Crippen LogP contribution < -0.4 is 0 Å². The van der Waals surface area contributed by atoms with Crippen LogP contribution in [0.5, 0.6) is 0 Å². The first-order valence-electron chi connectivity index (χ1n) is 5.76. The second kappa shape index (κ2) is 5.28. The lowest BCUT2D eigenvalue weighted by molar-refractivity contribution is -0.131. The maximum Gasteiger partial charge on any atom is 0.238 e. The van der Waals surface area contributed by atoms with Gasteiger partial charge in [-0.3, -0.25) is 4.79 Å². The Balaban J connectivity index is 2.21. The molecule has 4 heteroatoms. The number of halogens is 2. The normalized spacial score (nSPS) is 16.6. The molecule has 1 aromatic carbocycles. The quantitative estimate of drug-likeness (QED) is 0.766. The zero-order valence-corrected chi connectivity index (χ0v) is 11.2. The molecule has 0 heterocycles. The molecular formula is C13H15Cl2NO. The summed E-state index contributed by atoms with van der Waals surface area (Å²) in [6.07, 6.45) is 2.15. The Morgan fingerprint density at radius 3 is 2.76 bits per heavy atom. The van der Waals surface area contributed by atoms with Crippen molar-refractivity contribution in [3.8, 4) is 0 Å². The number of alkyl halides is 1. The third kappa shape index (κ3) is 2.93. The lowest BCUT2D eigenvalue weighted by Gasteiger charge is -2.29. The van der Waals surface area contributed by atoms with Gasteiger partial charge in [-0.2, -0.15) is 0 Å². The van der Waals surface area contributed by atoms with E-state index in [0.29, 0.717) is 11.1 Å². The molecule has 1 aliphatic carbocycles. The van der Waals surface area contributed by atoms with E-state index in [2.05, 4.69) is 0 Å². The van der Waals surface area contributed by atoms with Crippen LogP contribution in [0.25, 0.3) is 0 Å². The van der Waals surface area contributed by atoms with Crippen molar-refractivity contribution in [2.24, 2.45) is 0 Å². The van der Waals surface area contributed by atoms with Crippen LogP contribution in [0.3, 0.4) is 0 Å². The zero-order valence-electron chi connectivity index (χ0n) is 9.70. The molecular weight excluding hydrogens is 257 g/mol. The van der Waals surface area contributed by atoms with Crippen LogP contribution in [0.1, 0.15) is 31.4 Å². The molecule has 2 rings (SSSR count). The summed E-state index contributed by atoms with van der Waals surface area (Å²) in [5.74, 6) is 0.0446. The fourth-order valence-electron chi connectivity index (χ4n) is 2.08. The Kier molecular flexibility index (Phi) is 3.95. The average molecular weight is 272 g/mol. The number of amides is 1. The Morgan fingerprint density at radius 1 is 1.53 bits per heavy atom. The van der Waals surface area contributed by atoms with Gasteiger partial charge in [-0.05, 0) is 37.5 Å². The van der Waals surface area contributed by atoms with Crippen LogP contribution in [-0.4, -0.2) is 22.7 Å². The van der Waals surface area contributed by atoms with Gasteiger partial charge in [0.2, 0.25) is 5.91 Å². The highest BCUT2D eigenvalue weighted by molar-refractivity contribution is 6.30. The van der Waals surface area contributed by atoms with Gasteiger partial charge in [0.15, 0.2) is 0 Å². The van der Waals surface area contributed by atoms with Crippen LogP contribution in [-0.2, 0) is 4.79 Å². The van der Waals surface area contributed by atoms with Gasteiger partial charge in [0, 0.05) is 11.1 Å². The van der Waals surface area contributed by atoms with Gasteiger partial charge in [-0.15, -0.1) is 11.6 Å². The van der Waals surface area contributed by atoms with E-state index in [4.69, 9.17) is 23.2 Å². The van der Waals surface area contributed by atoms with Crippen LogP contribution in [0, 0.1) is 0 Å². The highest BCUT2D eigenvalue weighted by Crippen LogP contribution is 2.35. The van der Waals surface area contributed by atoms with Crippen molar-refractivity contribution in [2.45, 2.75) is 31.8 Å². The van der Waals surface area contributed by atoms with Crippen molar-refractivity contribution in [1.29, 1.82) is 0 Å². The molecule has 1 amide bonds. The van der Waals surface area contributed by atoms with Gasteiger partial charge in [0.25, 0.3) is 0 Å². The Labute approximate surface area is 112 Å².